The second-order valence-electron chi connectivity index (χ2n) is 4.78. The standard InChI is InChI=1S/C18H20O3/c1-14(2)21-20-13-12-15-4-6-16(7-5-15)17-8-10-18(19-3)11-9-17/h4-11H,1,12-13H2,2-3H3. The highest BCUT2D eigenvalue weighted by Crippen LogP contribution is 2.22. The van der Waals surface area contributed by atoms with Gasteiger partial charge in [-0.05, 0) is 42.2 Å². The minimum atomic E-state index is 0.509. The van der Waals surface area contributed by atoms with Crippen molar-refractivity contribution in [1.29, 1.82) is 0 Å². The molecule has 3 heteroatoms. The average Bonchev–Trinajstić information content (AvgIpc) is 2.52. The zero-order chi connectivity index (χ0) is 15.1. The first-order valence-corrected chi connectivity index (χ1v) is 6.87. The summed E-state index contributed by atoms with van der Waals surface area (Å²) in [5.41, 5.74) is 3.56. The van der Waals surface area contributed by atoms with Gasteiger partial charge in [0.25, 0.3) is 0 Å². The molecule has 0 fully saturated rings. The van der Waals surface area contributed by atoms with Crippen LogP contribution in [0.4, 0.5) is 0 Å². The van der Waals surface area contributed by atoms with Crippen LogP contribution in [0.5, 0.6) is 5.75 Å². The van der Waals surface area contributed by atoms with E-state index in [4.69, 9.17) is 14.5 Å². The third kappa shape index (κ3) is 4.65. The minimum Gasteiger partial charge on any atom is -0.497 e. The van der Waals surface area contributed by atoms with Crippen LogP contribution in [0.1, 0.15) is 12.5 Å². The first-order valence-electron chi connectivity index (χ1n) is 6.87. The van der Waals surface area contributed by atoms with Crippen molar-refractivity contribution in [1.82, 2.24) is 0 Å². The number of hydrogen-bond donors (Lipinski definition) is 0. The summed E-state index contributed by atoms with van der Waals surface area (Å²) in [6.07, 6.45) is 0.802. The van der Waals surface area contributed by atoms with Gasteiger partial charge in [0.05, 0.1) is 13.7 Å². The van der Waals surface area contributed by atoms with E-state index >= 15 is 0 Å². The molecule has 3 nitrogen and oxygen atoms in total. The Balaban J connectivity index is 1.93. The van der Waals surface area contributed by atoms with Crippen molar-refractivity contribution in [2.75, 3.05) is 13.7 Å². The predicted molar refractivity (Wildman–Crippen MR) is 84.0 cm³/mol. The van der Waals surface area contributed by atoms with Crippen molar-refractivity contribution >= 4 is 0 Å². The molecular weight excluding hydrogens is 264 g/mol. The highest BCUT2D eigenvalue weighted by atomic mass is 17.2. The molecular formula is C18H20O3. The summed E-state index contributed by atoms with van der Waals surface area (Å²) in [5, 5.41) is 0. The molecule has 0 spiro atoms. The van der Waals surface area contributed by atoms with Crippen LogP contribution in [-0.4, -0.2) is 13.7 Å². The third-order valence-corrected chi connectivity index (χ3v) is 3.05. The number of ether oxygens (including phenoxy) is 1. The van der Waals surface area contributed by atoms with Crippen molar-refractivity contribution in [3.63, 3.8) is 0 Å². The lowest BCUT2D eigenvalue weighted by atomic mass is 10.0. The number of benzene rings is 2. The molecule has 110 valence electrons. The molecule has 0 aliphatic rings. The van der Waals surface area contributed by atoms with Crippen LogP contribution in [0.15, 0.2) is 60.9 Å². The molecule has 0 N–H and O–H groups in total. The van der Waals surface area contributed by atoms with Crippen LogP contribution in [-0.2, 0) is 16.2 Å². The average molecular weight is 284 g/mol. The summed E-state index contributed by atoms with van der Waals surface area (Å²) >= 11 is 0. The lowest BCUT2D eigenvalue weighted by Crippen LogP contribution is -1.98. The van der Waals surface area contributed by atoms with Gasteiger partial charge in [0.1, 0.15) is 11.5 Å². The van der Waals surface area contributed by atoms with Crippen LogP contribution in [0.25, 0.3) is 11.1 Å². The summed E-state index contributed by atoms with van der Waals surface area (Å²) in [7, 11) is 1.67. The number of rotatable bonds is 7. The quantitative estimate of drug-likeness (QED) is 0.327. The van der Waals surface area contributed by atoms with Crippen LogP contribution < -0.4 is 4.74 Å². The molecule has 0 bridgehead atoms. The van der Waals surface area contributed by atoms with Gasteiger partial charge in [0.15, 0.2) is 0 Å². The van der Waals surface area contributed by atoms with E-state index in [2.05, 4.69) is 43.0 Å². The molecule has 21 heavy (non-hydrogen) atoms. The highest BCUT2D eigenvalue weighted by Gasteiger charge is 2.00. The topological polar surface area (TPSA) is 27.7 Å². The van der Waals surface area contributed by atoms with Gasteiger partial charge in [0.2, 0.25) is 0 Å². The number of allylic oxidation sites excluding steroid dienone is 1. The lowest BCUT2D eigenvalue weighted by molar-refractivity contribution is -0.260. The minimum absolute atomic E-state index is 0.509. The third-order valence-electron chi connectivity index (χ3n) is 3.05. The fourth-order valence-electron chi connectivity index (χ4n) is 1.95. The van der Waals surface area contributed by atoms with Crippen LogP contribution >= 0.6 is 0 Å². The monoisotopic (exact) mass is 284 g/mol. The van der Waals surface area contributed by atoms with Gasteiger partial charge in [0, 0.05) is 0 Å². The Morgan fingerprint density at radius 1 is 0.952 bits per heavy atom. The smallest absolute Gasteiger partial charge is 0.132 e. The summed E-state index contributed by atoms with van der Waals surface area (Å²) in [5.74, 6) is 1.43. The van der Waals surface area contributed by atoms with Crippen molar-refractivity contribution in [2.45, 2.75) is 13.3 Å². The van der Waals surface area contributed by atoms with Gasteiger partial charge in [-0.1, -0.05) is 43.0 Å². The summed E-state index contributed by atoms with van der Waals surface area (Å²) in [6, 6.07) is 16.5. The number of methoxy groups -OCH3 is 1. The Kier molecular flexibility index (Phi) is 5.41. The molecule has 0 atom stereocenters. The van der Waals surface area contributed by atoms with E-state index in [0.717, 1.165) is 12.2 Å². The molecule has 0 amide bonds. The zero-order valence-electron chi connectivity index (χ0n) is 12.5. The second-order valence-corrected chi connectivity index (χ2v) is 4.78. The van der Waals surface area contributed by atoms with E-state index in [1.165, 1.54) is 16.7 Å². The maximum atomic E-state index is 5.16. The van der Waals surface area contributed by atoms with E-state index in [0.29, 0.717) is 12.4 Å². The molecule has 0 heterocycles. The molecule has 0 aromatic heterocycles. The molecule has 2 aromatic carbocycles. The van der Waals surface area contributed by atoms with E-state index in [9.17, 15) is 0 Å². The van der Waals surface area contributed by atoms with E-state index in [-0.39, 0.29) is 0 Å². The maximum Gasteiger partial charge on any atom is 0.132 e. The highest BCUT2D eigenvalue weighted by molar-refractivity contribution is 5.64. The van der Waals surface area contributed by atoms with Crippen molar-refractivity contribution in [2.24, 2.45) is 0 Å². The Bertz CT molecular complexity index is 570. The Hall–Kier alpha value is -2.26. The normalized spacial score (nSPS) is 10.2. The molecule has 2 rings (SSSR count). The molecule has 0 aliphatic carbocycles. The van der Waals surface area contributed by atoms with Crippen LogP contribution in [0, 0.1) is 0 Å². The van der Waals surface area contributed by atoms with E-state index in [1.807, 2.05) is 12.1 Å². The molecule has 0 radical (unpaired) electrons. The fraction of sp³-hybridized carbons (Fsp3) is 0.222. The van der Waals surface area contributed by atoms with E-state index in [1.54, 1.807) is 14.0 Å². The zero-order valence-corrected chi connectivity index (χ0v) is 12.5. The molecule has 2 aromatic rings. The summed E-state index contributed by atoms with van der Waals surface area (Å²) in [4.78, 5) is 9.90. The number of hydrogen-bond acceptors (Lipinski definition) is 3. The maximum absolute atomic E-state index is 5.16. The van der Waals surface area contributed by atoms with Crippen molar-refractivity contribution in [3.8, 4) is 16.9 Å². The van der Waals surface area contributed by atoms with Gasteiger partial charge >= 0.3 is 0 Å². The molecule has 0 aliphatic heterocycles. The Labute approximate surface area is 125 Å². The van der Waals surface area contributed by atoms with Gasteiger partial charge in [-0.25, -0.2) is 0 Å². The fourth-order valence-corrected chi connectivity index (χ4v) is 1.95. The lowest BCUT2D eigenvalue weighted by Gasteiger charge is -2.06. The molecule has 0 saturated carbocycles. The molecule has 0 saturated heterocycles. The van der Waals surface area contributed by atoms with Crippen molar-refractivity contribution < 1.29 is 14.5 Å². The predicted octanol–water partition coefficient (Wildman–Crippen LogP) is 4.39. The summed E-state index contributed by atoms with van der Waals surface area (Å²) < 4.78 is 5.16. The first kappa shape index (κ1) is 15.1. The summed E-state index contributed by atoms with van der Waals surface area (Å²) in [6.45, 7) is 5.86. The van der Waals surface area contributed by atoms with Gasteiger partial charge in [-0.2, -0.15) is 4.89 Å². The van der Waals surface area contributed by atoms with Gasteiger partial charge < -0.3 is 9.62 Å². The Morgan fingerprint density at radius 2 is 1.52 bits per heavy atom. The Morgan fingerprint density at radius 3 is 2.05 bits per heavy atom. The van der Waals surface area contributed by atoms with Gasteiger partial charge in [-0.3, -0.25) is 0 Å². The largest absolute Gasteiger partial charge is 0.497 e. The van der Waals surface area contributed by atoms with E-state index < -0.39 is 0 Å². The molecule has 0 unspecified atom stereocenters. The SMILES string of the molecule is C=C(C)OOCCc1ccc(-c2ccc(OC)cc2)cc1. The second kappa shape index (κ2) is 7.50. The van der Waals surface area contributed by atoms with Gasteiger partial charge in [-0.15, -0.1) is 0 Å². The van der Waals surface area contributed by atoms with Crippen molar-refractivity contribution in [3.05, 3.63) is 66.4 Å². The first-order chi connectivity index (χ1) is 10.2. The van der Waals surface area contributed by atoms with Crippen LogP contribution in [0.3, 0.4) is 0 Å². The van der Waals surface area contributed by atoms with Crippen LogP contribution in [0.2, 0.25) is 0 Å².